The first-order chi connectivity index (χ1) is 8.52. The average molecular weight is 244 g/mol. The normalized spacial score (nSPS) is 24.9. The fourth-order valence-corrected chi connectivity index (χ4v) is 2.85. The topological polar surface area (TPSA) is 47.3 Å². The molecule has 0 spiro atoms. The van der Waals surface area contributed by atoms with Gasteiger partial charge in [0.25, 0.3) is 0 Å². The molecule has 18 heavy (non-hydrogen) atoms. The molecule has 0 bridgehead atoms. The zero-order valence-corrected chi connectivity index (χ0v) is 11.2. The van der Waals surface area contributed by atoms with Crippen molar-refractivity contribution in [2.75, 3.05) is 11.4 Å². The molecule has 1 N–H and O–H groups in total. The van der Waals surface area contributed by atoms with Crippen LogP contribution < -0.4 is 4.90 Å². The largest absolute Gasteiger partial charge is 0.389 e. The molecule has 1 aliphatic rings. The van der Waals surface area contributed by atoms with E-state index in [0.717, 1.165) is 24.2 Å². The van der Waals surface area contributed by atoms with Crippen LogP contribution in [-0.4, -0.2) is 17.7 Å². The van der Waals surface area contributed by atoms with Crippen LogP contribution in [0.2, 0.25) is 0 Å². The SMILES string of the molecule is CC1CC(C)N(c2cc(C#N)ccc2[C@H](C)O)C1. The summed E-state index contributed by atoms with van der Waals surface area (Å²) < 4.78 is 0. The monoisotopic (exact) mass is 244 g/mol. The molecule has 0 radical (unpaired) electrons. The summed E-state index contributed by atoms with van der Waals surface area (Å²) in [5, 5.41) is 18.9. The van der Waals surface area contributed by atoms with E-state index in [2.05, 4.69) is 24.8 Å². The molecule has 0 amide bonds. The molecule has 1 saturated heterocycles. The van der Waals surface area contributed by atoms with E-state index < -0.39 is 6.10 Å². The van der Waals surface area contributed by atoms with E-state index in [4.69, 9.17) is 5.26 Å². The Morgan fingerprint density at radius 2 is 2.17 bits per heavy atom. The summed E-state index contributed by atoms with van der Waals surface area (Å²) in [5.41, 5.74) is 2.58. The lowest BCUT2D eigenvalue weighted by Crippen LogP contribution is -2.28. The van der Waals surface area contributed by atoms with E-state index in [-0.39, 0.29) is 0 Å². The third-order valence-electron chi connectivity index (χ3n) is 3.70. The second kappa shape index (κ2) is 4.99. The van der Waals surface area contributed by atoms with Crippen LogP contribution >= 0.6 is 0 Å². The van der Waals surface area contributed by atoms with Crippen molar-refractivity contribution < 1.29 is 5.11 Å². The Bertz CT molecular complexity index is 476. The summed E-state index contributed by atoms with van der Waals surface area (Å²) in [6.07, 6.45) is 0.659. The maximum absolute atomic E-state index is 9.87. The van der Waals surface area contributed by atoms with E-state index in [1.807, 2.05) is 12.1 Å². The van der Waals surface area contributed by atoms with Gasteiger partial charge in [0.05, 0.1) is 17.7 Å². The predicted octanol–water partition coefficient (Wildman–Crippen LogP) is 2.85. The van der Waals surface area contributed by atoms with Gasteiger partial charge in [-0.2, -0.15) is 5.26 Å². The minimum atomic E-state index is -0.504. The van der Waals surface area contributed by atoms with Crippen molar-refractivity contribution in [3.05, 3.63) is 29.3 Å². The second-order valence-electron chi connectivity index (χ2n) is 5.40. The molecule has 3 nitrogen and oxygen atoms in total. The quantitative estimate of drug-likeness (QED) is 0.870. The Morgan fingerprint density at radius 3 is 2.67 bits per heavy atom. The summed E-state index contributed by atoms with van der Waals surface area (Å²) >= 11 is 0. The van der Waals surface area contributed by atoms with Crippen LogP contribution in [0.4, 0.5) is 5.69 Å². The highest BCUT2D eigenvalue weighted by Gasteiger charge is 2.28. The minimum absolute atomic E-state index is 0.464. The Balaban J connectivity index is 2.44. The molecule has 96 valence electrons. The maximum atomic E-state index is 9.87. The summed E-state index contributed by atoms with van der Waals surface area (Å²) in [4.78, 5) is 2.31. The van der Waals surface area contributed by atoms with Crippen LogP contribution in [0.3, 0.4) is 0 Å². The van der Waals surface area contributed by atoms with Crippen molar-refractivity contribution >= 4 is 5.69 Å². The van der Waals surface area contributed by atoms with Crippen molar-refractivity contribution in [1.29, 1.82) is 5.26 Å². The van der Waals surface area contributed by atoms with Gasteiger partial charge in [0, 0.05) is 23.8 Å². The van der Waals surface area contributed by atoms with Crippen molar-refractivity contribution in [3.8, 4) is 6.07 Å². The fraction of sp³-hybridized carbons (Fsp3) is 0.533. The Hall–Kier alpha value is -1.53. The smallest absolute Gasteiger partial charge is 0.0992 e. The molecule has 1 aromatic carbocycles. The van der Waals surface area contributed by atoms with Gasteiger partial charge in [-0.3, -0.25) is 0 Å². The van der Waals surface area contributed by atoms with Crippen molar-refractivity contribution in [3.63, 3.8) is 0 Å². The minimum Gasteiger partial charge on any atom is -0.389 e. The van der Waals surface area contributed by atoms with Gasteiger partial charge in [-0.15, -0.1) is 0 Å². The number of aliphatic hydroxyl groups excluding tert-OH is 1. The molecule has 2 unspecified atom stereocenters. The lowest BCUT2D eigenvalue weighted by Gasteiger charge is -2.27. The number of nitriles is 1. The third-order valence-corrected chi connectivity index (χ3v) is 3.70. The van der Waals surface area contributed by atoms with Crippen LogP contribution in [0.5, 0.6) is 0 Å². The number of aliphatic hydroxyl groups is 1. The summed E-state index contributed by atoms with van der Waals surface area (Å²) in [7, 11) is 0. The summed E-state index contributed by atoms with van der Waals surface area (Å²) in [6, 6.07) is 8.18. The van der Waals surface area contributed by atoms with Crippen LogP contribution in [0.25, 0.3) is 0 Å². The molecule has 3 heteroatoms. The van der Waals surface area contributed by atoms with Gasteiger partial charge in [-0.05, 0) is 38.3 Å². The Labute approximate surface area is 109 Å². The average Bonchev–Trinajstić information content (AvgIpc) is 2.67. The number of anilines is 1. The standard InChI is InChI=1S/C15H20N2O/c1-10-6-11(2)17(9-10)15-7-13(8-16)4-5-14(15)12(3)18/h4-5,7,10-12,18H,6,9H2,1-3H3/t10?,11?,12-/m0/s1. The molecule has 0 aromatic heterocycles. The first kappa shape index (κ1) is 12.9. The van der Waals surface area contributed by atoms with Gasteiger partial charge in [0.1, 0.15) is 0 Å². The van der Waals surface area contributed by atoms with Crippen LogP contribution in [0.15, 0.2) is 18.2 Å². The predicted molar refractivity (Wildman–Crippen MR) is 72.4 cm³/mol. The first-order valence-electron chi connectivity index (χ1n) is 6.51. The number of hydrogen-bond donors (Lipinski definition) is 1. The molecule has 1 fully saturated rings. The lowest BCUT2D eigenvalue weighted by molar-refractivity contribution is 0.199. The van der Waals surface area contributed by atoms with Crippen LogP contribution in [-0.2, 0) is 0 Å². The Morgan fingerprint density at radius 1 is 1.44 bits per heavy atom. The fourth-order valence-electron chi connectivity index (χ4n) is 2.85. The molecule has 1 aliphatic heterocycles. The van der Waals surface area contributed by atoms with Crippen molar-refractivity contribution in [2.24, 2.45) is 5.92 Å². The zero-order valence-electron chi connectivity index (χ0n) is 11.2. The summed E-state index contributed by atoms with van der Waals surface area (Å²) in [6.45, 7) is 7.21. The molecule has 1 aromatic rings. The molecule has 0 saturated carbocycles. The van der Waals surface area contributed by atoms with E-state index in [9.17, 15) is 5.11 Å². The van der Waals surface area contributed by atoms with Gasteiger partial charge in [-0.1, -0.05) is 13.0 Å². The highest BCUT2D eigenvalue weighted by molar-refractivity contribution is 5.59. The Kier molecular flexibility index (Phi) is 3.58. The van der Waals surface area contributed by atoms with Gasteiger partial charge in [0.2, 0.25) is 0 Å². The van der Waals surface area contributed by atoms with Gasteiger partial charge < -0.3 is 10.0 Å². The highest BCUT2D eigenvalue weighted by atomic mass is 16.3. The lowest BCUT2D eigenvalue weighted by atomic mass is 10.0. The van der Waals surface area contributed by atoms with Gasteiger partial charge in [0.15, 0.2) is 0 Å². The zero-order chi connectivity index (χ0) is 13.3. The van der Waals surface area contributed by atoms with Crippen LogP contribution in [0.1, 0.15) is 44.4 Å². The highest BCUT2D eigenvalue weighted by Crippen LogP contribution is 2.34. The van der Waals surface area contributed by atoms with Gasteiger partial charge >= 0.3 is 0 Å². The molecular formula is C15H20N2O. The van der Waals surface area contributed by atoms with E-state index in [0.29, 0.717) is 17.5 Å². The second-order valence-corrected chi connectivity index (χ2v) is 5.40. The van der Waals surface area contributed by atoms with E-state index in [1.54, 1.807) is 13.0 Å². The molecule has 0 aliphatic carbocycles. The third kappa shape index (κ3) is 2.34. The number of hydrogen-bond acceptors (Lipinski definition) is 3. The van der Waals surface area contributed by atoms with Gasteiger partial charge in [-0.25, -0.2) is 0 Å². The first-order valence-corrected chi connectivity index (χ1v) is 6.51. The molecule has 3 atom stereocenters. The van der Waals surface area contributed by atoms with E-state index in [1.165, 1.54) is 0 Å². The maximum Gasteiger partial charge on any atom is 0.0992 e. The molecule has 2 rings (SSSR count). The molecule has 1 heterocycles. The van der Waals surface area contributed by atoms with Crippen LogP contribution in [0, 0.1) is 17.2 Å². The molecular weight excluding hydrogens is 224 g/mol. The van der Waals surface area contributed by atoms with E-state index >= 15 is 0 Å². The number of rotatable bonds is 2. The van der Waals surface area contributed by atoms with Crippen molar-refractivity contribution in [2.45, 2.75) is 39.3 Å². The number of benzene rings is 1. The summed E-state index contributed by atoms with van der Waals surface area (Å²) in [5.74, 6) is 0.660. The number of nitrogens with zero attached hydrogens (tertiary/aromatic N) is 2. The van der Waals surface area contributed by atoms with Crippen molar-refractivity contribution in [1.82, 2.24) is 0 Å².